The summed E-state index contributed by atoms with van der Waals surface area (Å²) in [6.45, 7) is -0.0696. The zero-order valence-corrected chi connectivity index (χ0v) is 10.9. The van der Waals surface area contributed by atoms with Gasteiger partial charge in [0.15, 0.2) is 0 Å². The van der Waals surface area contributed by atoms with Gasteiger partial charge in [0, 0.05) is 18.3 Å². The first-order valence-corrected chi connectivity index (χ1v) is 5.66. The molecular weight excluding hydrogens is 368 g/mol. The number of nitrogens with zero attached hydrogens (tertiary/aromatic N) is 1. The van der Waals surface area contributed by atoms with E-state index in [0.717, 1.165) is 6.20 Å². The number of carbonyl (C=O) groups is 1. The highest BCUT2D eigenvalue weighted by Gasteiger charge is 2.34. The van der Waals surface area contributed by atoms with Crippen molar-refractivity contribution in [2.75, 3.05) is 0 Å². The van der Waals surface area contributed by atoms with Crippen LogP contribution in [0.4, 0.5) is 13.2 Å². The topological polar surface area (TPSA) is 85.4 Å². The molecule has 0 bridgehead atoms. The second-order valence-corrected chi connectivity index (χ2v) is 4.27. The lowest BCUT2D eigenvalue weighted by Gasteiger charge is -2.15. The predicted octanol–water partition coefficient (Wildman–Crippen LogP) is 1.67. The third-order valence-corrected chi connectivity index (χ3v) is 2.99. The van der Waals surface area contributed by atoms with Gasteiger partial charge in [-0.1, -0.05) is 0 Å². The van der Waals surface area contributed by atoms with Crippen molar-refractivity contribution >= 4 is 28.6 Å². The summed E-state index contributed by atoms with van der Waals surface area (Å²) in [4.78, 5) is 14.4. The number of nitrogens with two attached hydrogens (primary N) is 1. The molecule has 0 aromatic carbocycles. The summed E-state index contributed by atoms with van der Waals surface area (Å²) in [5, 5.41) is 8.62. The van der Waals surface area contributed by atoms with Crippen LogP contribution in [-0.2, 0) is 17.8 Å². The monoisotopic (exact) mass is 376 g/mol. The Labute approximate surface area is 113 Å². The number of carboxylic acids is 1. The number of carboxylic acid groups (broad SMARTS) is 1. The van der Waals surface area contributed by atoms with Crippen LogP contribution in [0.25, 0.3) is 0 Å². The summed E-state index contributed by atoms with van der Waals surface area (Å²) in [6.07, 6.45) is -4.49. The lowest BCUT2D eigenvalue weighted by molar-refractivity contribution is -0.275. The third kappa shape index (κ3) is 3.98. The second-order valence-electron chi connectivity index (χ2n) is 3.20. The number of aromatic nitrogens is 1. The highest BCUT2D eigenvalue weighted by molar-refractivity contribution is 14.1. The van der Waals surface area contributed by atoms with Crippen LogP contribution in [0.1, 0.15) is 11.3 Å². The summed E-state index contributed by atoms with van der Waals surface area (Å²) in [6, 6.07) is 0. The molecular formula is C9H8F3IN2O3. The van der Waals surface area contributed by atoms with E-state index in [2.05, 4.69) is 9.72 Å². The van der Waals surface area contributed by atoms with E-state index < -0.39 is 24.5 Å². The molecule has 0 fully saturated rings. The normalized spacial score (nSPS) is 11.4. The molecule has 0 aliphatic carbocycles. The molecule has 0 aliphatic heterocycles. The molecule has 0 amide bonds. The van der Waals surface area contributed by atoms with E-state index >= 15 is 0 Å². The molecule has 5 nitrogen and oxygen atoms in total. The zero-order valence-electron chi connectivity index (χ0n) is 8.79. The molecule has 100 valence electrons. The minimum absolute atomic E-state index is 0.0613. The van der Waals surface area contributed by atoms with Crippen LogP contribution in [0.3, 0.4) is 0 Å². The summed E-state index contributed by atoms with van der Waals surface area (Å²) >= 11 is 1.59. The molecule has 18 heavy (non-hydrogen) atoms. The molecule has 0 atom stereocenters. The smallest absolute Gasteiger partial charge is 0.481 e. The van der Waals surface area contributed by atoms with Crippen molar-refractivity contribution in [3.8, 4) is 5.75 Å². The molecule has 0 aliphatic rings. The van der Waals surface area contributed by atoms with E-state index in [-0.39, 0.29) is 21.4 Å². The van der Waals surface area contributed by atoms with Gasteiger partial charge in [0.05, 0.1) is 15.7 Å². The molecule has 0 spiro atoms. The van der Waals surface area contributed by atoms with E-state index in [4.69, 9.17) is 10.8 Å². The first-order chi connectivity index (χ1) is 8.24. The van der Waals surface area contributed by atoms with E-state index in [0.29, 0.717) is 0 Å². The molecule has 1 heterocycles. The van der Waals surface area contributed by atoms with Crippen LogP contribution >= 0.6 is 22.6 Å². The van der Waals surface area contributed by atoms with Gasteiger partial charge in [-0.2, -0.15) is 0 Å². The van der Waals surface area contributed by atoms with E-state index in [1.807, 2.05) is 0 Å². The lowest BCUT2D eigenvalue weighted by atomic mass is 10.1. The molecule has 1 aromatic rings. The molecule has 0 saturated carbocycles. The highest BCUT2D eigenvalue weighted by Crippen LogP contribution is 2.32. The Hall–Kier alpha value is -1.10. The standard InChI is InChI=1S/C9H8F3IN2O3/c10-9(11,12)18-8-4(1-6(16)17)3-15-5(2-14)7(8)13/h3H,1-2,14H2,(H,16,17). The second kappa shape index (κ2) is 5.69. The van der Waals surface area contributed by atoms with Crippen molar-refractivity contribution in [1.82, 2.24) is 4.98 Å². The number of hydrogen-bond acceptors (Lipinski definition) is 4. The number of aliphatic carboxylic acids is 1. The van der Waals surface area contributed by atoms with Crippen LogP contribution in [0.2, 0.25) is 0 Å². The van der Waals surface area contributed by atoms with Crippen molar-refractivity contribution < 1.29 is 27.8 Å². The van der Waals surface area contributed by atoms with Crippen molar-refractivity contribution in [3.05, 3.63) is 21.0 Å². The van der Waals surface area contributed by atoms with Gasteiger partial charge in [0.2, 0.25) is 0 Å². The number of rotatable bonds is 4. The van der Waals surface area contributed by atoms with Crippen LogP contribution in [0, 0.1) is 3.57 Å². The van der Waals surface area contributed by atoms with Gasteiger partial charge < -0.3 is 15.6 Å². The highest BCUT2D eigenvalue weighted by atomic mass is 127. The van der Waals surface area contributed by atoms with Gasteiger partial charge in [-0.25, -0.2) is 0 Å². The zero-order chi connectivity index (χ0) is 13.9. The Morgan fingerprint density at radius 1 is 1.56 bits per heavy atom. The lowest BCUT2D eigenvalue weighted by Crippen LogP contribution is -2.21. The predicted molar refractivity (Wildman–Crippen MR) is 62.9 cm³/mol. The van der Waals surface area contributed by atoms with Crippen LogP contribution in [-0.4, -0.2) is 22.4 Å². The molecule has 0 saturated heterocycles. The van der Waals surface area contributed by atoms with Gasteiger partial charge >= 0.3 is 12.3 Å². The summed E-state index contributed by atoms with van der Waals surface area (Å²) in [7, 11) is 0. The maximum Gasteiger partial charge on any atom is 0.573 e. The number of hydrogen-bond donors (Lipinski definition) is 2. The fraction of sp³-hybridized carbons (Fsp3) is 0.333. The maximum absolute atomic E-state index is 12.2. The van der Waals surface area contributed by atoms with E-state index in [1.54, 1.807) is 22.6 Å². The van der Waals surface area contributed by atoms with Crippen molar-refractivity contribution in [2.45, 2.75) is 19.3 Å². The van der Waals surface area contributed by atoms with Crippen molar-refractivity contribution in [1.29, 1.82) is 0 Å². The van der Waals surface area contributed by atoms with Gasteiger partial charge in [0.25, 0.3) is 0 Å². The quantitative estimate of drug-likeness (QED) is 0.782. The van der Waals surface area contributed by atoms with Crippen LogP contribution in [0.5, 0.6) is 5.75 Å². The molecule has 0 radical (unpaired) electrons. The minimum Gasteiger partial charge on any atom is -0.481 e. The summed E-state index contributed by atoms with van der Waals surface area (Å²) in [5.74, 6) is -1.83. The average Bonchev–Trinajstić information content (AvgIpc) is 2.21. The molecule has 1 aromatic heterocycles. The largest absolute Gasteiger partial charge is 0.573 e. The van der Waals surface area contributed by atoms with Gasteiger partial charge in [-0.3, -0.25) is 9.78 Å². The molecule has 1 rings (SSSR count). The van der Waals surface area contributed by atoms with Crippen molar-refractivity contribution in [3.63, 3.8) is 0 Å². The van der Waals surface area contributed by atoms with Crippen molar-refractivity contribution in [2.24, 2.45) is 5.73 Å². The maximum atomic E-state index is 12.2. The Morgan fingerprint density at radius 2 is 2.17 bits per heavy atom. The minimum atomic E-state index is -4.90. The number of ether oxygens (including phenoxy) is 1. The Morgan fingerprint density at radius 3 is 2.61 bits per heavy atom. The number of alkyl halides is 3. The third-order valence-electron chi connectivity index (χ3n) is 1.87. The fourth-order valence-corrected chi connectivity index (χ4v) is 2.02. The van der Waals surface area contributed by atoms with Crippen LogP contribution in [0.15, 0.2) is 6.20 Å². The Balaban J connectivity index is 3.26. The average molecular weight is 376 g/mol. The summed E-state index contributed by atoms with van der Waals surface area (Å²) in [5.41, 5.74) is 5.37. The van der Waals surface area contributed by atoms with E-state index in [1.165, 1.54) is 0 Å². The molecule has 0 unspecified atom stereocenters. The Bertz CT molecular complexity index is 465. The molecule has 3 N–H and O–H groups in total. The SMILES string of the molecule is NCc1ncc(CC(=O)O)c(OC(F)(F)F)c1I. The molecule has 9 heteroatoms. The number of halogens is 4. The fourth-order valence-electron chi connectivity index (χ4n) is 1.20. The van der Waals surface area contributed by atoms with Crippen LogP contribution < -0.4 is 10.5 Å². The van der Waals surface area contributed by atoms with Gasteiger partial charge in [0.1, 0.15) is 5.75 Å². The van der Waals surface area contributed by atoms with Gasteiger partial charge in [-0.05, 0) is 22.6 Å². The summed E-state index contributed by atoms with van der Waals surface area (Å²) < 4.78 is 40.7. The first-order valence-electron chi connectivity index (χ1n) is 4.58. The van der Waals surface area contributed by atoms with E-state index in [9.17, 15) is 18.0 Å². The van der Waals surface area contributed by atoms with Gasteiger partial charge in [-0.15, -0.1) is 13.2 Å². The Kier molecular flexibility index (Phi) is 4.73. The first kappa shape index (κ1) is 15.0. The number of pyridine rings is 1.